The smallest absolute Gasteiger partial charge is 0.339 e. The first-order valence-electron chi connectivity index (χ1n) is 6.13. The molecular formula is C14H14N2O6. The van der Waals surface area contributed by atoms with Gasteiger partial charge in [0.05, 0.1) is 27.4 Å². The van der Waals surface area contributed by atoms with E-state index >= 15 is 0 Å². The van der Waals surface area contributed by atoms with E-state index < -0.39 is 5.97 Å². The summed E-state index contributed by atoms with van der Waals surface area (Å²) >= 11 is 0. The van der Waals surface area contributed by atoms with Crippen LogP contribution >= 0.6 is 0 Å². The van der Waals surface area contributed by atoms with Gasteiger partial charge in [-0.25, -0.2) is 4.79 Å². The number of nitrogens with zero attached hydrogens (tertiary/aromatic N) is 2. The van der Waals surface area contributed by atoms with Crippen LogP contribution in [-0.2, 0) is 0 Å². The van der Waals surface area contributed by atoms with E-state index in [0.29, 0.717) is 5.75 Å². The van der Waals surface area contributed by atoms with Crippen molar-refractivity contribution in [1.82, 2.24) is 9.97 Å². The average molecular weight is 306 g/mol. The number of aromatic nitrogens is 2. The molecule has 0 amide bonds. The Balaban J connectivity index is 2.43. The highest BCUT2D eigenvalue weighted by atomic mass is 16.5. The van der Waals surface area contributed by atoms with Crippen LogP contribution in [0, 0.1) is 0 Å². The average Bonchev–Trinajstić information content (AvgIpc) is 2.53. The van der Waals surface area contributed by atoms with Crippen LogP contribution in [0.25, 0.3) is 0 Å². The molecule has 8 heteroatoms. The summed E-state index contributed by atoms with van der Waals surface area (Å²) in [7, 11) is 4.32. The molecule has 0 spiro atoms. The van der Waals surface area contributed by atoms with Gasteiger partial charge in [-0.05, 0) is 12.1 Å². The van der Waals surface area contributed by atoms with Crippen LogP contribution < -0.4 is 18.9 Å². The third-order valence-corrected chi connectivity index (χ3v) is 2.70. The molecule has 0 aliphatic carbocycles. The quantitative estimate of drug-likeness (QED) is 0.864. The van der Waals surface area contributed by atoms with E-state index in [4.69, 9.17) is 18.9 Å². The van der Waals surface area contributed by atoms with E-state index in [0.717, 1.165) is 0 Å². The molecule has 0 saturated carbocycles. The number of hydrogen-bond donors (Lipinski definition) is 1. The van der Waals surface area contributed by atoms with Gasteiger partial charge >= 0.3 is 12.0 Å². The summed E-state index contributed by atoms with van der Waals surface area (Å²) in [4.78, 5) is 19.2. The van der Waals surface area contributed by atoms with Crippen molar-refractivity contribution in [3.05, 3.63) is 29.8 Å². The van der Waals surface area contributed by atoms with Crippen molar-refractivity contribution in [3.8, 4) is 29.3 Å². The fourth-order valence-electron chi connectivity index (χ4n) is 1.63. The Kier molecular flexibility index (Phi) is 4.62. The third kappa shape index (κ3) is 3.35. The molecule has 1 N–H and O–H groups in total. The molecule has 0 aliphatic rings. The van der Waals surface area contributed by atoms with Crippen molar-refractivity contribution in [1.29, 1.82) is 0 Å². The lowest BCUT2D eigenvalue weighted by atomic mass is 10.2. The summed E-state index contributed by atoms with van der Waals surface area (Å²) in [5, 5.41) is 9.20. The van der Waals surface area contributed by atoms with Crippen LogP contribution in [0.2, 0.25) is 0 Å². The third-order valence-electron chi connectivity index (χ3n) is 2.70. The summed E-state index contributed by atoms with van der Waals surface area (Å²) in [6.45, 7) is 0. The molecule has 2 aromatic rings. The van der Waals surface area contributed by atoms with Crippen molar-refractivity contribution in [2.75, 3.05) is 21.3 Å². The van der Waals surface area contributed by atoms with Crippen LogP contribution in [0.1, 0.15) is 10.4 Å². The van der Waals surface area contributed by atoms with Gasteiger partial charge in [0.2, 0.25) is 11.8 Å². The zero-order valence-electron chi connectivity index (χ0n) is 12.2. The molecule has 1 heterocycles. The number of carbonyl (C=O) groups is 1. The zero-order chi connectivity index (χ0) is 16.1. The normalized spacial score (nSPS) is 9.95. The minimum Gasteiger partial charge on any atom is -0.497 e. The number of carboxylic acid groups (broad SMARTS) is 1. The number of aromatic carboxylic acids is 1. The Labute approximate surface area is 126 Å². The number of hydrogen-bond acceptors (Lipinski definition) is 7. The fourth-order valence-corrected chi connectivity index (χ4v) is 1.63. The summed E-state index contributed by atoms with van der Waals surface area (Å²) in [5.41, 5.74) is -0.0498. The maximum atomic E-state index is 11.2. The summed E-state index contributed by atoms with van der Waals surface area (Å²) in [5.74, 6) is -0.215. The maximum absolute atomic E-state index is 11.2. The maximum Gasteiger partial charge on any atom is 0.339 e. The molecule has 0 saturated heterocycles. The van der Waals surface area contributed by atoms with Gasteiger partial charge in [-0.1, -0.05) is 0 Å². The molecule has 0 aliphatic heterocycles. The largest absolute Gasteiger partial charge is 0.497 e. The Morgan fingerprint density at radius 2 is 1.64 bits per heavy atom. The van der Waals surface area contributed by atoms with E-state index in [1.807, 2.05) is 0 Å². The van der Waals surface area contributed by atoms with E-state index in [2.05, 4.69) is 9.97 Å². The standard InChI is InChI=1S/C14H14N2O6/c1-19-8-4-5-9(13(17)18)10(6-8)22-14-15-11(20-2)7-12(16-14)21-3/h4-7H,1-3H3,(H,17,18). The molecule has 0 bridgehead atoms. The van der Waals surface area contributed by atoms with Gasteiger partial charge in [0.1, 0.15) is 17.1 Å². The number of carboxylic acids is 1. The minimum atomic E-state index is -1.15. The van der Waals surface area contributed by atoms with Crippen LogP contribution in [0.4, 0.5) is 0 Å². The molecule has 2 rings (SSSR count). The summed E-state index contributed by atoms with van der Waals surface area (Å²) in [6, 6.07) is 5.68. The van der Waals surface area contributed by atoms with Crippen molar-refractivity contribution in [3.63, 3.8) is 0 Å². The molecule has 0 atom stereocenters. The van der Waals surface area contributed by atoms with Crippen LogP contribution in [0.3, 0.4) is 0 Å². The predicted octanol–water partition coefficient (Wildman–Crippen LogP) is 1.99. The highest BCUT2D eigenvalue weighted by Crippen LogP contribution is 2.29. The molecule has 8 nitrogen and oxygen atoms in total. The van der Waals surface area contributed by atoms with Gasteiger partial charge in [0, 0.05) is 6.07 Å². The van der Waals surface area contributed by atoms with Crippen molar-refractivity contribution in [2.45, 2.75) is 0 Å². The lowest BCUT2D eigenvalue weighted by Crippen LogP contribution is -2.03. The van der Waals surface area contributed by atoms with Crippen molar-refractivity contribution in [2.24, 2.45) is 0 Å². The van der Waals surface area contributed by atoms with Gasteiger partial charge in [-0.2, -0.15) is 9.97 Å². The Hall–Kier alpha value is -3.03. The van der Waals surface area contributed by atoms with Crippen LogP contribution in [-0.4, -0.2) is 42.4 Å². The second kappa shape index (κ2) is 6.61. The zero-order valence-corrected chi connectivity index (χ0v) is 12.2. The Morgan fingerprint density at radius 1 is 1.00 bits per heavy atom. The second-order valence-electron chi connectivity index (χ2n) is 4.00. The molecule has 1 aromatic carbocycles. The highest BCUT2D eigenvalue weighted by Gasteiger charge is 2.16. The topological polar surface area (TPSA) is 100 Å². The molecule has 0 fully saturated rings. The molecule has 0 radical (unpaired) electrons. The molecule has 1 aromatic heterocycles. The van der Waals surface area contributed by atoms with Crippen LogP contribution in [0.5, 0.6) is 29.3 Å². The minimum absolute atomic E-state index is 0.0437. The monoisotopic (exact) mass is 306 g/mol. The van der Waals surface area contributed by atoms with Gasteiger partial charge < -0.3 is 24.1 Å². The first kappa shape index (κ1) is 15.4. The second-order valence-corrected chi connectivity index (χ2v) is 4.00. The van der Waals surface area contributed by atoms with E-state index in [1.54, 1.807) is 0 Å². The number of methoxy groups -OCH3 is 3. The summed E-state index contributed by atoms with van der Waals surface area (Å²) < 4.78 is 20.5. The van der Waals surface area contributed by atoms with Gasteiger partial charge in [0.25, 0.3) is 0 Å². The van der Waals surface area contributed by atoms with Gasteiger partial charge in [0.15, 0.2) is 0 Å². The number of ether oxygens (including phenoxy) is 4. The SMILES string of the molecule is COc1ccc(C(=O)O)c(Oc2nc(OC)cc(OC)n2)c1. The van der Waals surface area contributed by atoms with Crippen molar-refractivity contribution < 1.29 is 28.8 Å². The van der Waals surface area contributed by atoms with E-state index in [-0.39, 0.29) is 29.1 Å². The molecule has 116 valence electrons. The van der Waals surface area contributed by atoms with Crippen LogP contribution in [0.15, 0.2) is 24.3 Å². The molecule has 0 unspecified atom stereocenters. The highest BCUT2D eigenvalue weighted by molar-refractivity contribution is 5.91. The van der Waals surface area contributed by atoms with Crippen molar-refractivity contribution >= 4 is 5.97 Å². The molecule has 22 heavy (non-hydrogen) atoms. The van der Waals surface area contributed by atoms with E-state index in [1.165, 1.54) is 45.6 Å². The first-order valence-corrected chi connectivity index (χ1v) is 6.13. The fraction of sp³-hybridized carbons (Fsp3) is 0.214. The Morgan fingerprint density at radius 3 is 2.14 bits per heavy atom. The Bertz CT molecular complexity index is 667. The number of rotatable bonds is 6. The first-order chi connectivity index (χ1) is 10.6. The lowest BCUT2D eigenvalue weighted by molar-refractivity contribution is 0.0694. The summed E-state index contributed by atoms with van der Waals surface area (Å²) in [6.07, 6.45) is 0. The molecular weight excluding hydrogens is 292 g/mol. The lowest BCUT2D eigenvalue weighted by Gasteiger charge is -2.10. The van der Waals surface area contributed by atoms with Gasteiger partial charge in [-0.15, -0.1) is 0 Å². The predicted molar refractivity (Wildman–Crippen MR) is 75.2 cm³/mol. The van der Waals surface area contributed by atoms with E-state index in [9.17, 15) is 9.90 Å². The number of benzene rings is 1. The van der Waals surface area contributed by atoms with Gasteiger partial charge in [-0.3, -0.25) is 0 Å².